The Kier molecular flexibility index (Phi) is 3.58. The lowest BCUT2D eigenvalue weighted by Gasteiger charge is -2.20. The van der Waals surface area contributed by atoms with E-state index in [1.54, 1.807) is 0 Å². The van der Waals surface area contributed by atoms with Gasteiger partial charge in [0.05, 0.1) is 17.6 Å². The highest BCUT2D eigenvalue weighted by atomic mass is 16.2. The third-order valence-corrected chi connectivity index (χ3v) is 3.70. The molecule has 1 N–H and O–H groups in total. The van der Waals surface area contributed by atoms with Gasteiger partial charge in [-0.1, -0.05) is 19.1 Å². The molecule has 106 valence electrons. The van der Waals surface area contributed by atoms with Crippen molar-refractivity contribution in [2.24, 2.45) is 0 Å². The van der Waals surface area contributed by atoms with Crippen LogP contribution in [-0.2, 0) is 4.79 Å². The van der Waals surface area contributed by atoms with E-state index in [1.165, 1.54) is 0 Å². The van der Waals surface area contributed by atoms with Crippen molar-refractivity contribution in [3.8, 4) is 0 Å². The number of nitrogens with zero attached hydrogens (tertiary/aromatic N) is 3. The molecule has 0 radical (unpaired) electrons. The highest BCUT2D eigenvalue weighted by Gasteiger charge is 2.22. The third kappa shape index (κ3) is 2.48. The summed E-state index contributed by atoms with van der Waals surface area (Å²) in [7, 11) is 0. The van der Waals surface area contributed by atoms with Crippen LogP contribution >= 0.6 is 0 Å². The number of aromatic amines is 1. The fourth-order valence-corrected chi connectivity index (χ4v) is 2.70. The second-order valence-electron chi connectivity index (χ2n) is 5.23. The molecule has 1 aliphatic heterocycles. The molecule has 0 saturated carbocycles. The molecular formula is C15H20N4O. The predicted octanol–water partition coefficient (Wildman–Crippen LogP) is 2.01. The number of hydrogen-bond donors (Lipinski definition) is 1. The van der Waals surface area contributed by atoms with Crippen molar-refractivity contribution in [3.63, 3.8) is 0 Å². The molecule has 5 heteroatoms. The zero-order valence-corrected chi connectivity index (χ0v) is 11.8. The summed E-state index contributed by atoms with van der Waals surface area (Å²) in [6.45, 7) is 5.09. The number of fused-ring (bicyclic) bond motifs is 1. The molecule has 2 heterocycles. The minimum Gasteiger partial charge on any atom is -0.341 e. The van der Waals surface area contributed by atoms with Crippen LogP contribution in [0.15, 0.2) is 24.3 Å². The Labute approximate surface area is 118 Å². The number of rotatable bonds is 3. The molecule has 1 amide bonds. The molecule has 1 aliphatic rings. The molecule has 3 rings (SSSR count). The standard InChI is InChI=1S/C15H20N4O/c1-2-8-18-9-5-10-19(11-14(18)20)15-16-12-6-3-4-7-13(12)17-15/h3-4,6-7H,2,5,8-11H2,1H3,(H,16,17). The van der Waals surface area contributed by atoms with Crippen LogP contribution in [0.5, 0.6) is 0 Å². The van der Waals surface area contributed by atoms with Crippen LogP contribution in [0.3, 0.4) is 0 Å². The van der Waals surface area contributed by atoms with Crippen LogP contribution in [0.4, 0.5) is 5.95 Å². The fraction of sp³-hybridized carbons (Fsp3) is 0.467. The lowest BCUT2D eigenvalue weighted by molar-refractivity contribution is -0.129. The molecule has 20 heavy (non-hydrogen) atoms. The van der Waals surface area contributed by atoms with Gasteiger partial charge in [0.2, 0.25) is 11.9 Å². The van der Waals surface area contributed by atoms with Crippen LogP contribution in [0.1, 0.15) is 19.8 Å². The SMILES string of the molecule is CCCN1CCCN(c2nc3ccccc3[nH]2)CC1=O. The molecule has 0 atom stereocenters. The van der Waals surface area contributed by atoms with Gasteiger partial charge in [0.15, 0.2) is 0 Å². The summed E-state index contributed by atoms with van der Waals surface area (Å²) < 4.78 is 0. The number of para-hydroxylation sites is 2. The molecule has 0 spiro atoms. The van der Waals surface area contributed by atoms with Crippen molar-refractivity contribution in [2.45, 2.75) is 19.8 Å². The summed E-state index contributed by atoms with van der Waals surface area (Å²) in [6, 6.07) is 7.96. The summed E-state index contributed by atoms with van der Waals surface area (Å²) in [4.78, 5) is 24.1. The minimum absolute atomic E-state index is 0.199. The zero-order chi connectivity index (χ0) is 13.9. The van der Waals surface area contributed by atoms with Gasteiger partial charge >= 0.3 is 0 Å². The average molecular weight is 272 g/mol. The number of H-pyrrole nitrogens is 1. The lowest BCUT2D eigenvalue weighted by atomic mass is 10.3. The summed E-state index contributed by atoms with van der Waals surface area (Å²) in [5, 5.41) is 0. The van der Waals surface area contributed by atoms with Gasteiger partial charge in [0.1, 0.15) is 0 Å². The van der Waals surface area contributed by atoms with E-state index in [0.717, 1.165) is 49.5 Å². The monoisotopic (exact) mass is 272 g/mol. The van der Waals surface area contributed by atoms with Gasteiger partial charge < -0.3 is 14.8 Å². The van der Waals surface area contributed by atoms with Gasteiger partial charge in [-0.25, -0.2) is 4.98 Å². The number of imidazole rings is 1. The summed E-state index contributed by atoms with van der Waals surface area (Å²) in [5.74, 6) is 1.00. The first kappa shape index (κ1) is 13.0. The Balaban J connectivity index is 1.81. The number of carbonyl (C=O) groups is 1. The molecule has 5 nitrogen and oxygen atoms in total. The molecule has 1 aromatic heterocycles. The summed E-state index contributed by atoms with van der Waals surface area (Å²) in [6.07, 6.45) is 2.00. The van der Waals surface area contributed by atoms with Crippen molar-refractivity contribution in [1.82, 2.24) is 14.9 Å². The van der Waals surface area contributed by atoms with E-state index in [1.807, 2.05) is 29.2 Å². The van der Waals surface area contributed by atoms with Gasteiger partial charge in [-0.05, 0) is 25.0 Å². The molecule has 0 aliphatic carbocycles. The molecule has 2 aromatic rings. The molecule has 0 unspecified atom stereocenters. The second-order valence-corrected chi connectivity index (χ2v) is 5.23. The topological polar surface area (TPSA) is 52.2 Å². The number of aromatic nitrogens is 2. The zero-order valence-electron chi connectivity index (χ0n) is 11.8. The number of hydrogen-bond acceptors (Lipinski definition) is 3. The largest absolute Gasteiger partial charge is 0.341 e. The lowest BCUT2D eigenvalue weighted by Crippen LogP contribution is -2.37. The molecular weight excluding hydrogens is 252 g/mol. The molecule has 1 aromatic carbocycles. The normalized spacial score (nSPS) is 16.8. The van der Waals surface area contributed by atoms with Crippen molar-refractivity contribution in [2.75, 3.05) is 31.1 Å². The summed E-state index contributed by atoms with van der Waals surface area (Å²) in [5.41, 5.74) is 1.97. The van der Waals surface area contributed by atoms with E-state index in [4.69, 9.17) is 0 Å². The quantitative estimate of drug-likeness (QED) is 0.930. The third-order valence-electron chi connectivity index (χ3n) is 3.70. The number of anilines is 1. The first-order chi connectivity index (χ1) is 9.78. The first-order valence-electron chi connectivity index (χ1n) is 7.25. The van der Waals surface area contributed by atoms with Gasteiger partial charge in [-0.15, -0.1) is 0 Å². The second kappa shape index (κ2) is 5.53. The summed E-state index contributed by atoms with van der Waals surface area (Å²) >= 11 is 0. The Morgan fingerprint density at radius 2 is 2.15 bits per heavy atom. The van der Waals surface area contributed by atoms with E-state index in [0.29, 0.717) is 6.54 Å². The number of carbonyl (C=O) groups excluding carboxylic acids is 1. The van der Waals surface area contributed by atoms with Crippen LogP contribution in [-0.4, -0.2) is 47.0 Å². The first-order valence-corrected chi connectivity index (χ1v) is 7.25. The van der Waals surface area contributed by atoms with Crippen LogP contribution in [0.25, 0.3) is 11.0 Å². The Morgan fingerprint density at radius 1 is 1.30 bits per heavy atom. The maximum Gasteiger partial charge on any atom is 0.242 e. The fourth-order valence-electron chi connectivity index (χ4n) is 2.70. The van der Waals surface area contributed by atoms with Gasteiger partial charge in [0.25, 0.3) is 0 Å². The Morgan fingerprint density at radius 3 is 2.95 bits per heavy atom. The number of amides is 1. The van der Waals surface area contributed by atoms with Gasteiger partial charge in [-0.2, -0.15) is 0 Å². The number of benzene rings is 1. The minimum atomic E-state index is 0.199. The molecule has 0 bridgehead atoms. The van der Waals surface area contributed by atoms with E-state index in [-0.39, 0.29) is 5.91 Å². The van der Waals surface area contributed by atoms with E-state index in [2.05, 4.69) is 21.8 Å². The molecule has 1 fully saturated rings. The van der Waals surface area contributed by atoms with E-state index < -0.39 is 0 Å². The maximum atomic E-state index is 12.2. The van der Waals surface area contributed by atoms with Crippen LogP contribution in [0, 0.1) is 0 Å². The van der Waals surface area contributed by atoms with Crippen molar-refractivity contribution < 1.29 is 4.79 Å². The highest BCUT2D eigenvalue weighted by molar-refractivity contribution is 5.83. The Bertz CT molecular complexity index is 574. The maximum absolute atomic E-state index is 12.2. The highest BCUT2D eigenvalue weighted by Crippen LogP contribution is 2.18. The van der Waals surface area contributed by atoms with E-state index in [9.17, 15) is 4.79 Å². The number of nitrogens with one attached hydrogen (secondary N) is 1. The van der Waals surface area contributed by atoms with Crippen LogP contribution in [0.2, 0.25) is 0 Å². The van der Waals surface area contributed by atoms with Crippen LogP contribution < -0.4 is 4.90 Å². The van der Waals surface area contributed by atoms with Crippen molar-refractivity contribution >= 4 is 22.9 Å². The smallest absolute Gasteiger partial charge is 0.242 e. The van der Waals surface area contributed by atoms with Gasteiger partial charge in [0, 0.05) is 19.6 Å². The van der Waals surface area contributed by atoms with Gasteiger partial charge in [-0.3, -0.25) is 4.79 Å². The van der Waals surface area contributed by atoms with Crippen molar-refractivity contribution in [1.29, 1.82) is 0 Å². The predicted molar refractivity (Wildman–Crippen MR) is 79.8 cm³/mol. The Hall–Kier alpha value is -2.04. The van der Waals surface area contributed by atoms with E-state index >= 15 is 0 Å². The molecule has 1 saturated heterocycles. The van der Waals surface area contributed by atoms with Crippen molar-refractivity contribution in [3.05, 3.63) is 24.3 Å². The average Bonchev–Trinajstić information content (AvgIpc) is 2.80.